The van der Waals surface area contributed by atoms with E-state index < -0.39 is 0 Å². The first-order valence-corrected chi connectivity index (χ1v) is 6.03. The molecule has 0 saturated carbocycles. The van der Waals surface area contributed by atoms with Crippen molar-refractivity contribution in [3.8, 4) is 6.07 Å². The lowest BCUT2D eigenvalue weighted by atomic mass is 9.95. The van der Waals surface area contributed by atoms with Crippen molar-refractivity contribution in [1.29, 1.82) is 5.26 Å². The highest BCUT2D eigenvalue weighted by atomic mass is 16.5. The quantitative estimate of drug-likeness (QED) is 0.680. The van der Waals surface area contributed by atoms with Crippen molar-refractivity contribution in [2.24, 2.45) is 5.92 Å². The number of ether oxygens (including phenoxy) is 1. The predicted molar refractivity (Wildman–Crippen MR) is 60.6 cm³/mol. The Bertz CT molecular complexity index is 265. The summed E-state index contributed by atoms with van der Waals surface area (Å²) < 4.78 is 5.01. The van der Waals surface area contributed by atoms with E-state index in [0.717, 1.165) is 32.4 Å². The minimum Gasteiger partial charge on any atom is -0.466 e. The predicted octanol–water partition coefficient (Wildman–Crippen LogP) is 1.56. The average Bonchev–Trinajstić information content (AvgIpc) is 2.32. The molecule has 0 aliphatic carbocycles. The lowest BCUT2D eigenvalue weighted by Crippen LogP contribution is -2.42. The molecule has 0 spiro atoms. The minimum atomic E-state index is -0.0767. The highest BCUT2D eigenvalue weighted by molar-refractivity contribution is 5.72. The molecule has 1 atom stereocenters. The van der Waals surface area contributed by atoms with Crippen LogP contribution in [0.1, 0.15) is 33.1 Å². The highest BCUT2D eigenvalue weighted by Gasteiger charge is 2.28. The van der Waals surface area contributed by atoms with Crippen LogP contribution >= 0.6 is 0 Å². The highest BCUT2D eigenvalue weighted by Crippen LogP contribution is 2.20. The fourth-order valence-corrected chi connectivity index (χ4v) is 2.14. The van der Waals surface area contributed by atoms with Crippen molar-refractivity contribution in [1.82, 2.24) is 4.90 Å². The molecule has 1 fully saturated rings. The van der Waals surface area contributed by atoms with E-state index in [1.54, 1.807) is 0 Å². The largest absolute Gasteiger partial charge is 0.466 e. The molecule has 1 heterocycles. The van der Waals surface area contributed by atoms with Crippen LogP contribution in [0, 0.1) is 17.2 Å². The summed E-state index contributed by atoms with van der Waals surface area (Å²) in [5, 5.41) is 8.95. The van der Waals surface area contributed by atoms with Gasteiger partial charge in [-0.05, 0) is 26.2 Å². The molecule has 0 amide bonds. The summed E-state index contributed by atoms with van der Waals surface area (Å²) in [6.07, 6.45) is 2.48. The number of piperidine rings is 1. The molecule has 0 N–H and O–H groups in total. The number of hydrogen-bond acceptors (Lipinski definition) is 4. The number of carbonyl (C=O) groups is 1. The number of likely N-dealkylation sites (tertiary alicyclic amines) is 1. The van der Waals surface area contributed by atoms with Crippen LogP contribution in [0.15, 0.2) is 0 Å². The molecule has 1 aliphatic rings. The fourth-order valence-electron chi connectivity index (χ4n) is 2.14. The van der Waals surface area contributed by atoms with Crippen molar-refractivity contribution in [2.45, 2.75) is 39.2 Å². The number of nitriles is 1. The fraction of sp³-hybridized carbons (Fsp3) is 0.833. The molecule has 90 valence electrons. The molecule has 0 aromatic heterocycles. The van der Waals surface area contributed by atoms with Crippen LogP contribution in [0.4, 0.5) is 0 Å². The molecule has 4 nitrogen and oxygen atoms in total. The van der Waals surface area contributed by atoms with Gasteiger partial charge in [0.15, 0.2) is 0 Å². The molecule has 1 saturated heterocycles. The summed E-state index contributed by atoms with van der Waals surface area (Å²) >= 11 is 0. The molecular weight excluding hydrogens is 204 g/mol. The maximum absolute atomic E-state index is 11.5. The van der Waals surface area contributed by atoms with Crippen LogP contribution in [0.5, 0.6) is 0 Å². The van der Waals surface area contributed by atoms with E-state index in [1.165, 1.54) is 0 Å². The zero-order chi connectivity index (χ0) is 12.0. The van der Waals surface area contributed by atoms with Crippen molar-refractivity contribution in [3.05, 3.63) is 0 Å². The Balaban J connectivity index is 2.39. The van der Waals surface area contributed by atoms with E-state index >= 15 is 0 Å². The topological polar surface area (TPSA) is 53.3 Å². The second kappa shape index (κ2) is 6.49. The summed E-state index contributed by atoms with van der Waals surface area (Å²) in [5.74, 6) is -0.0421. The Kier molecular flexibility index (Phi) is 5.27. The maximum atomic E-state index is 11.5. The van der Waals surface area contributed by atoms with E-state index in [4.69, 9.17) is 10.00 Å². The Labute approximate surface area is 97.2 Å². The third kappa shape index (κ3) is 3.21. The average molecular weight is 224 g/mol. The van der Waals surface area contributed by atoms with Crippen molar-refractivity contribution < 1.29 is 9.53 Å². The van der Waals surface area contributed by atoms with Gasteiger partial charge in [-0.15, -0.1) is 0 Å². The van der Waals surface area contributed by atoms with Gasteiger partial charge in [0.25, 0.3) is 0 Å². The van der Waals surface area contributed by atoms with Gasteiger partial charge in [0, 0.05) is 13.1 Å². The van der Waals surface area contributed by atoms with Gasteiger partial charge in [0.05, 0.1) is 24.6 Å². The zero-order valence-corrected chi connectivity index (χ0v) is 10.1. The maximum Gasteiger partial charge on any atom is 0.309 e. The molecule has 0 bridgehead atoms. The third-order valence-electron chi connectivity index (χ3n) is 3.13. The van der Waals surface area contributed by atoms with E-state index in [9.17, 15) is 4.79 Å². The first-order valence-electron chi connectivity index (χ1n) is 6.03. The molecule has 0 aromatic rings. The van der Waals surface area contributed by atoms with Crippen molar-refractivity contribution >= 4 is 5.97 Å². The van der Waals surface area contributed by atoms with Crippen LogP contribution in [-0.2, 0) is 9.53 Å². The summed E-state index contributed by atoms with van der Waals surface area (Å²) in [6, 6.07) is 2.30. The smallest absolute Gasteiger partial charge is 0.309 e. The van der Waals surface area contributed by atoms with Gasteiger partial charge >= 0.3 is 5.97 Å². The second-order valence-corrected chi connectivity index (χ2v) is 4.12. The van der Waals surface area contributed by atoms with E-state index in [0.29, 0.717) is 6.61 Å². The lowest BCUT2D eigenvalue weighted by Gasteiger charge is -2.33. The zero-order valence-electron chi connectivity index (χ0n) is 10.1. The van der Waals surface area contributed by atoms with Crippen LogP contribution in [0.25, 0.3) is 0 Å². The van der Waals surface area contributed by atoms with Crippen LogP contribution in [0.3, 0.4) is 0 Å². The van der Waals surface area contributed by atoms with Gasteiger partial charge in [0.1, 0.15) is 0 Å². The van der Waals surface area contributed by atoms with E-state index in [1.807, 2.05) is 13.8 Å². The monoisotopic (exact) mass is 224 g/mol. The van der Waals surface area contributed by atoms with E-state index in [-0.39, 0.29) is 17.9 Å². The first kappa shape index (κ1) is 13.0. The Morgan fingerprint density at radius 1 is 1.50 bits per heavy atom. The number of carbonyl (C=O) groups excluding carboxylic acids is 1. The van der Waals surface area contributed by atoms with Crippen LogP contribution in [-0.4, -0.2) is 36.6 Å². The van der Waals surface area contributed by atoms with E-state index in [2.05, 4.69) is 11.0 Å². The summed E-state index contributed by atoms with van der Waals surface area (Å²) in [4.78, 5) is 13.7. The number of esters is 1. The van der Waals surface area contributed by atoms with Crippen molar-refractivity contribution in [2.75, 3.05) is 19.7 Å². The molecule has 4 heteroatoms. The number of rotatable bonds is 4. The second-order valence-electron chi connectivity index (χ2n) is 4.12. The SMILES string of the molecule is CCOC(=O)C1CCN(C(C#N)CC)CC1. The van der Waals surface area contributed by atoms with Gasteiger partial charge in [-0.3, -0.25) is 9.69 Å². The number of hydrogen-bond donors (Lipinski definition) is 0. The van der Waals surface area contributed by atoms with Gasteiger partial charge in [-0.25, -0.2) is 0 Å². The van der Waals surface area contributed by atoms with Gasteiger partial charge in [-0.1, -0.05) is 6.92 Å². The summed E-state index contributed by atoms with van der Waals surface area (Å²) in [5.41, 5.74) is 0. The molecular formula is C12H20N2O2. The third-order valence-corrected chi connectivity index (χ3v) is 3.13. The molecule has 1 unspecified atom stereocenters. The summed E-state index contributed by atoms with van der Waals surface area (Å²) in [7, 11) is 0. The minimum absolute atomic E-state index is 0.00291. The first-order chi connectivity index (χ1) is 7.72. The standard InChI is InChI=1S/C12H20N2O2/c1-3-11(9-13)14-7-5-10(6-8-14)12(15)16-4-2/h10-11H,3-8H2,1-2H3. The van der Waals surface area contributed by atoms with Crippen molar-refractivity contribution in [3.63, 3.8) is 0 Å². The van der Waals surface area contributed by atoms with Gasteiger partial charge in [-0.2, -0.15) is 5.26 Å². The normalized spacial score (nSPS) is 20.1. The molecule has 1 aliphatic heterocycles. The molecule has 0 aromatic carbocycles. The van der Waals surface area contributed by atoms with Crippen LogP contribution in [0.2, 0.25) is 0 Å². The Morgan fingerprint density at radius 3 is 2.56 bits per heavy atom. The number of nitrogens with zero attached hydrogens (tertiary/aromatic N) is 2. The van der Waals surface area contributed by atoms with Gasteiger partial charge < -0.3 is 4.74 Å². The molecule has 0 radical (unpaired) electrons. The Hall–Kier alpha value is -1.08. The molecule has 1 rings (SSSR count). The molecule has 16 heavy (non-hydrogen) atoms. The van der Waals surface area contributed by atoms with Crippen LogP contribution < -0.4 is 0 Å². The van der Waals surface area contributed by atoms with Gasteiger partial charge in [0.2, 0.25) is 0 Å². The Morgan fingerprint density at radius 2 is 2.12 bits per heavy atom. The lowest BCUT2D eigenvalue weighted by molar-refractivity contribution is -0.149. The summed E-state index contributed by atoms with van der Waals surface area (Å²) in [6.45, 7) is 5.96.